The van der Waals surface area contributed by atoms with Crippen LogP contribution in [0.2, 0.25) is 0 Å². The smallest absolute Gasteiger partial charge is 0.325 e. The first-order chi connectivity index (χ1) is 61.2. The number of aliphatic hydroxyl groups excluding tert-OH is 5. The van der Waals surface area contributed by atoms with Gasteiger partial charge in [-0.1, -0.05) is 41.5 Å². The molecule has 2 rings (SSSR count). The van der Waals surface area contributed by atoms with Gasteiger partial charge in [-0.3, -0.25) is 101 Å². The van der Waals surface area contributed by atoms with Crippen LogP contribution in [0, 0.1) is 17.8 Å². The van der Waals surface area contributed by atoms with E-state index in [-0.39, 0.29) is 75.4 Å². The van der Waals surface area contributed by atoms with Gasteiger partial charge < -0.3 is 153 Å². The van der Waals surface area contributed by atoms with Gasteiger partial charge in [0.25, 0.3) is 0 Å². The lowest BCUT2D eigenvalue weighted by Gasteiger charge is -2.31. The number of hydrogen-bond acceptors (Lipinski definition) is 30. The number of rotatable bonds is 58. The average Bonchev–Trinajstić information content (AvgIpc) is 1.58. The van der Waals surface area contributed by atoms with Crippen molar-refractivity contribution >= 4 is 136 Å². The minimum Gasteiger partial charge on any atom is -0.480 e. The van der Waals surface area contributed by atoms with E-state index < -0.39 is 296 Å². The summed E-state index contributed by atoms with van der Waals surface area (Å²) in [5.74, 6) is -22.9. The highest BCUT2D eigenvalue weighted by Gasteiger charge is 2.43. The number of likely N-dealkylation sites (tertiary alicyclic amines) is 1. The van der Waals surface area contributed by atoms with Crippen LogP contribution in [0.4, 0.5) is 0 Å². The first kappa shape index (κ1) is 115. The molecule has 1 aliphatic heterocycles. The molecule has 0 saturated carbocycles. The van der Waals surface area contributed by atoms with Gasteiger partial charge in [-0.2, -0.15) is 11.8 Å². The standard InChI is InChI=1S/C79H134N24O27S/c1-34(2)25-49(94-63(113)38(8)90-70(120)51(27-54(82)109)95-64(114)39(9)89-69(119)50(26-45-28-83-33-86-45)96-76(126)59(42(12)106)101-75(125)58(36(5)6)98-66(116)46(81)31-104)71(121)100-60(43(13)107)77(127)99-57(35(3)4)74(124)93-48(21-24-131-15)67(117)84-30-56(111)92-47(19-16-17-22-80)68(118)88-40(10)65(115)97-52(32-105)72(122)102-61(44(14)108)78(128)103-23-18-20-53(103)73(123)85-29-55(110)87-37(7)62(112)91-41(11)79(129)130/h28,33-44,46-53,57-61,104-108H,16-27,29-32,80-81H2,1-15H3,(H2,82,109)(H,83,86)(H,84,117)(H,85,123)(H,87,110)(H,88,118)(H,89,119)(H,90,120)(H,91,112)(H,92,111)(H,93,124)(H,94,113)(H,95,114)(H,96,126)(H,97,115)(H,98,116)(H,99,127)(H,100,121)(H,101,125)(H,102,122)(H,129,130)/t37-,38-,39-,40-,41-,42+,43+,44+,46-,47-,48-,49-,50-,51-,52-,53-,57-,58-,59-,60-,61-/m0/s1. The molecule has 0 unspecified atom stereocenters. The van der Waals surface area contributed by atoms with Crippen molar-refractivity contribution in [1.82, 2.24) is 111 Å². The van der Waals surface area contributed by atoms with Crippen molar-refractivity contribution in [2.24, 2.45) is 35.0 Å². The molecule has 2 heterocycles. The maximum absolute atomic E-state index is 14.2. The molecule has 0 bridgehead atoms. The SMILES string of the molecule is CSCC[C@H](NC(=O)[C@@H](NC(=O)[C@@H](NC(=O)[C@H](CC(C)C)NC(=O)[C@H](C)NC(=O)[C@H](CC(N)=O)NC(=O)[C@H](C)NC(=O)[C@H](Cc1cnc[nH]1)NC(=O)[C@@H](NC(=O)[C@@H](NC(=O)[C@@H](N)CO)C(C)C)[C@@H](C)O)[C@@H](C)O)C(C)C)C(=O)NCC(=O)N[C@@H](CCCCN)C(=O)N[C@@H](C)C(=O)N[C@@H](CO)C(=O)N[C@H](C(=O)N1CCC[C@H]1C(=O)NCC(=O)N[C@@H](C)C(=O)N[C@@H](C)C(=O)O)[C@@H](C)O. The highest BCUT2D eigenvalue weighted by molar-refractivity contribution is 7.98. The van der Waals surface area contributed by atoms with E-state index >= 15 is 0 Å². The molecule has 131 heavy (non-hydrogen) atoms. The van der Waals surface area contributed by atoms with Gasteiger partial charge in [0.15, 0.2) is 0 Å². The summed E-state index contributed by atoms with van der Waals surface area (Å²) < 4.78 is 0. The number of carbonyl (C=O) groups excluding carboxylic acids is 20. The topological polar surface area (TPSA) is 806 Å². The zero-order chi connectivity index (χ0) is 99.7. The summed E-state index contributed by atoms with van der Waals surface area (Å²) in [6.07, 6.45) is -1.22. The number of thioether (sulfide) groups is 1. The molecule has 31 N–H and O–H groups in total. The van der Waals surface area contributed by atoms with Crippen LogP contribution in [-0.4, -0.2) is 348 Å². The van der Waals surface area contributed by atoms with Gasteiger partial charge in [-0.25, -0.2) is 4.98 Å². The average molecular weight is 1880 g/mol. The van der Waals surface area contributed by atoms with Crippen molar-refractivity contribution in [1.29, 1.82) is 0 Å². The third-order valence-corrected chi connectivity index (χ3v) is 20.9. The molecule has 0 spiro atoms. The predicted octanol–water partition coefficient (Wildman–Crippen LogP) is -12.3. The predicted molar refractivity (Wildman–Crippen MR) is 466 cm³/mol. The Morgan fingerprint density at radius 3 is 1.36 bits per heavy atom. The monoisotopic (exact) mass is 1880 g/mol. The van der Waals surface area contributed by atoms with Crippen molar-refractivity contribution in [3.8, 4) is 0 Å². The number of carboxylic acid groups (broad SMARTS) is 1. The largest absolute Gasteiger partial charge is 0.480 e. The first-order valence-electron chi connectivity index (χ1n) is 42.6. The Morgan fingerprint density at radius 2 is 0.870 bits per heavy atom. The Labute approximate surface area is 761 Å². The summed E-state index contributed by atoms with van der Waals surface area (Å²) in [7, 11) is 0. The maximum atomic E-state index is 14.2. The number of amides is 20. The van der Waals surface area contributed by atoms with E-state index in [1.54, 1.807) is 34.0 Å². The molecule has 738 valence electrons. The Hall–Kier alpha value is -11.8. The molecule has 21 atom stereocenters. The number of aromatic amines is 1. The molecule has 20 amide bonds. The van der Waals surface area contributed by atoms with Crippen LogP contribution in [0.5, 0.6) is 0 Å². The number of aliphatic hydroxyl groups is 5. The van der Waals surface area contributed by atoms with Crippen LogP contribution in [0.1, 0.15) is 154 Å². The van der Waals surface area contributed by atoms with Crippen molar-refractivity contribution in [3.05, 3.63) is 18.2 Å². The third-order valence-electron chi connectivity index (χ3n) is 20.3. The highest BCUT2D eigenvalue weighted by Crippen LogP contribution is 2.21. The van der Waals surface area contributed by atoms with Crippen molar-refractivity contribution < 1.29 is 131 Å². The van der Waals surface area contributed by atoms with Gasteiger partial charge >= 0.3 is 5.97 Å². The minimum atomic E-state index is -1.84. The summed E-state index contributed by atoms with van der Waals surface area (Å²) in [5, 5.41) is 104. The number of carbonyl (C=O) groups is 21. The molecule has 1 aliphatic rings. The number of H-pyrrole nitrogens is 1. The first-order valence-corrected chi connectivity index (χ1v) is 44.0. The fourth-order valence-electron chi connectivity index (χ4n) is 12.6. The number of hydrogen-bond donors (Lipinski definition) is 28. The number of aromatic nitrogens is 2. The molecule has 51 nitrogen and oxygen atoms in total. The van der Waals surface area contributed by atoms with Gasteiger partial charge in [0, 0.05) is 24.9 Å². The summed E-state index contributed by atoms with van der Waals surface area (Å²) >= 11 is 1.27. The van der Waals surface area contributed by atoms with Gasteiger partial charge in [-0.15, -0.1) is 0 Å². The summed E-state index contributed by atoms with van der Waals surface area (Å²) in [4.78, 5) is 290. The number of imidazole rings is 1. The Balaban J connectivity index is 2.21. The van der Waals surface area contributed by atoms with Gasteiger partial charge in [0.1, 0.15) is 109 Å². The van der Waals surface area contributed by atoms with Crippen LogP contribution in [0.3, 0.4) is 0 Å². The molecule has 1 aromatic rings. The second kappa shape index (κ2) is 57.3. The molecule has 1 fully saturated rings. The van der Waals surface area contributed by atoms with Crippen molar-refractivity contribution in [2.75, 3.05) is 51.4 Å². The number of carboxylic acids is 1. The van der Waals surface area contributed by atoms with Gasteiger partial charge in [-0.05, 0) is 137 Å². The summed E-state index contributed by atoms with van der Waals surface area (Å²) in [6.45, 7) is 15.7. The third kappa shape index (κ3) is 39.8. The fraction of sp³-hybridized carbons (Fsp3) is 0.696. The van der Waals surface area contributed by atoms with E-state index in [4.69, 9.17) is 22.3 Å². The molecule has 0 radical (unpaired) electrons. The number of aliphatic carboxylic acids is 1. The van der Waals surface area contributed by atoms with E-state index in [2.05, 4.69) is 106 Å². The second-order valence-corrected chi connectivity index (χ2v) is 33.8. The lowest BCUT2D eigenvalue weighted by atomic mass is 10.00. The van der Waals surface area contributed by atoms with E-state index in [0.29, 0.717) is 6.42 Å². The van der Waals surface area contributed by atoms with Gasteiger partial charge in [0.05, 0.1) is 57.4 Å². The molecule has 1 aromatic heterocycles. The zero-order valence-electron chi connectivity index (χ0n) is 76.1. The zero-order valence-corrected chi connectivity index (χ0v) is 76.9. The maximum Gasteiger partial charge on any atom is 0.325 e. The van der Waals surface area contributed by atoms with Crippen molar-refractivity contribution in [3.63, 3.8) is 0 Å². The normalized spacial score (nSPS) is 17.0. The molecule has 0 aliphatic carbocycles. The highest BCUT2D eigenvalue weighted by atomic mass is 32.2. The summed E-state index contributed by atoms with van der Waals surface area (Å²) in [5.41, 5.74) is 17.1. The Morgan fingerprint density at radius 1 is 0.458 bits per heavy atom. The van der Waals surface area contributed by atoms with Crippen molar-refractivity contribution in [2.45, 2.75) is 282 Å². The van der Waals surface area contributed by atoms with Crippen LogP contribution < -0.4 is 113 Å². The quantitative estimate of drug-likeness (QED) is 0.0269. The van der Waals surface area contributed by atoms with Crippen LogP contribution >= 0.6 is 11.8 Å². The van der Waals surface area contributed by atoms with Crippen LogP contribution in [0.15, 0.2) is 12.5 Å². The lowest BCUT2D eigenvalue weighted by Crippen LogP contribution is -2.62. The summed E-state index contributed by atoms with van der Waals surface area (Å²) in [6, 6.07) is -27.5. The molecule has 52 heteroatoms. The second-order valence-electron chi connectivity index (χ2n) is 32.9. The molecular formula is C79H134N24O27S. The lowest BCUT2D eigenvalue weighted by molar-refractivity contribution is -0.144. The minimum absolute atomic E-state index is 0.0460. The van der Waals surface area contributed by atoms with E-state index in [1.807, 2.05) is 0 Å². The fourth-order valence-corrected chi connectivity index (χ4v) is 13.1. The number of nitrogens with zero attached hydrogens (tertiary/aromatic N) is 2. The molecule has 0 aromatic carbocycles. The Bertz CT molecular complexity index is 4090. The number of nitrogens with one attached hydrogen (secondary N) is 19. The van der Waals surface area contributed by atoms with Crippen LogP contribution in [-0.2, 0) is 107 Å². The van der Waals surface area contributed by atoms with E-state index in [0.717, 1.165) is 39.5 Å². The van der Waals surface area contributed by atoms with Crippen LogP contribution in [0.25, 0.3) is 0 Å². The van der Waals surface area contributed by atoms with E-state index in [9.17, 15) is 126 Å². The molecule has 1 saturated heterocycles. The van der Waals surface area contributed by atoms with E-state index in [1.165, 1.54) is 58.9 Å². The number of unbranched alkanes of at least 4 members (excludes halogenated alkanes) is 1. The number of primary amides is 1. The van der Waals surface area contributed by atoms with Gasteiger partial charge in [0.2, 0.25) is 118 Å². The Kier molecular flexibility index (Phi) is 50.4. The number of nitrogens with two attached hydrogens (primary N) is 3. The molecular weight excluding hydrogens is 1750 g/mol.